The molecule has 1 aliphatic carbocycles. The Hall–Kier alpha value is -1.79. The van der Waals surface area contributed by atoms with Gasteiger partial charge in [-0.25, -0.2) is 4.98 Å². The first kappa shape index (κ1) is 16.7. The average Bonchev–Trinajstić information content (AvgIpc) is 3.07. The number of hydrogen-bond donors (Lipinski definition) is 2. The first-order chi connectivity index (χ1) is 12.2. The number of aliphatic hydroxyl groups is 1. The molecule has 5 heteroatoms. The summed E-state index contributed by atoms with van der Waals surface area (Å²) in [6.45, 7) is 0.495. The van der Waals surface area contributed by atoms with Crippen LogP contribution in [0.4, 0.5) is 0 Å². The van der Waals surface area contributed by atoms with E-state index < -0.39 is 6.10 Å². The van der Waals surface area contributed by atoms with Crippen LogP contribution < -0.4 is 5.73 Å². The zero-order valence-electron chi connectivity index (χ0n) is 14.0. The third-order valence-corrected chi connectivity index (χ3v) is 5.89. The van der Waals surface area contributed by atoms with E-state index >= 15 is 0 Å². The maximum Gasteiger partial charge on any atom is 0.124 e. The molecule has 0 radical (unpaired) electrons. The molecule has 4 rings (SSSR count). The molecule has 1 aliphatic rings. The maximum absolute atomic E-state index is 10.1. The van der Waals surface area contributed by atoms with E-state index in [1.165, 1.54) is 4.70 Å². The third kappa shape index (κ3) is 3.60. The Morgan fingerprint density at radius 2 is 1.92 bits per heavy atom. The van der Waals surface area contributed by atoms with E-state index in [1.54, 1.807) is 11.3 Å². The van der Waals surface area contributed by atoms with Crippen molar-refractivity contribution in [3.8, 4) is 10.6 Å². The fraction of sp³-hybridized carbons (Fsp3) is 0.350. The van der Waals surface area contributed by atoms with Crippen molar-refractivity contribution in [1.29, 1.82) is 0 Å². The summed E-state index contributed by atoms with van der Waals surface area (Å²) in [5.41, 5.74) is 9.17. The van der Waals surface area contributed by atoms with Gasteiger partial charge in [0.25, 0.3) is 0 Å². The summed E-state index contributed by atoms with van der Waals surface area (Å²) in [7, 11) is 0. The van der Waals surface area contributed by atoms with Crippen molar-refractivity contribution in [1.82, 2.24) is 4.98 Å². The second-order valence-electron chi connectivity index (χ2n) is 6.62. The molecule has 0 bridgehead atoms. The number of aliphatic hydroxyl groups excluding tert-OH is 1. The normalized spacial score (nSPS) is 23.8. The van der Waals surface area contributed by atoms with E-state index in [1.807, 2.05) is 18.2 Å². The highest BCUT2D eigenvalue weighted by molar-refractivity contribution is 7.21. The Morgan fingerprint density at radius 1 is 1.12 bits per heavy atom. The van der Waals surface area contributed by atoms with Crippen LogP contribution in [-0.4, -0.2) is 28.3 Å². The number of nitrogens with two attached hydrogens (primary N) is 1. The first-order valence-electron chi connectivity index (χ1n) is 8.71. The minimum atomic E-state index is -0.559. The summed E-state index contributed by atoms with van der Waals surface area (Å²) in [5, 5.41) is 11.2. The Kier molecular flexibility index (Phi) is 4.81. The topological polar surface area (TPSA) is 68.4 Å². The van der Waals surface area contributed by atoms with Gasteiger partial charge in [-0.05, 0) is 37.0 Å². The van der Waals surface area contributed by atoms with Crippen LogP contribution in [0.5, 0.6) is 0 Å². The molecule has 2 aromatic carbocycles. The van der Waals surface area contributed by atoms with Crippen LogP contribution in [-0.2, 0) is 11.3 Å². The number of thiazole rings is 1. The highest BCUT2D eigenvalue weighted by Crippen LogP contribution is 2.30. The summed E-state index contributed by atoms with van der Waals surface area (Å²) in [4.78, 5) is 4.69. The fourth-order valence-electron chi connectivity index (χ4n) is 3.30. The summed E-state index contributed by atoms with van der Waals surface area (Å²) in [6, 6.07) is 16.3. The number of hydrogen-bond acceptors (Lipinski definition) is 5. The zero-order valence-corrected chi connectivity index (χ0v) is 14.8. The van der Waals surface area contributed by atoms with Crippen molar-refractivity contribution >= 4 is 21.6 Å². The molecule has 3 aromatic rings. The predicted molar refractivity (Wildman–Crippen MR) is 101 cm³/mol. The highest BCUT2D eigenvalue weighted by atomic mass is 32.1. The lowest BCUT2D eigenvalue weighted by molar-refractivity contribution is -0.0740. The Labute approximate surface area is 151 Å². The van der Waals surface area contributed by atoms with Gasteiger partial charge in [0.15, 0.2) is 0 Å². The molecule has 0 aliphatic heterocycles. The SMILES string of the molecule is NC1CCCC(OCc2ccc(-c3nc4ccccc4s3)cc2)C1O. The molecular formula is C20H22N2O2S. The van der Waals surface area contributed by atoms with Crippen LogP contribution in [0.1, 0.15) is 24.8 Å². The van der Waals surface area contributed by atoms with Crippen molar-refractivity contribution in [2.75, 3.05) is 0 Å². The molecule has 1 aromatic heterocycles. The predicted octanol–water partition coefficient (Wildman–Crippen LogP) is 3.72. The molecule has 1 heterocycles. The van der Waals surface area contributed by atoms with Gasteiger partial charge in [0.05, 0.1) is 29.0 Å². The first-order valence-corrected chi connectivity index (χ1v) is 9.52. The van der Waals surface area contributed by atoms with E-state index in [9.17, 15) is 5.11 Å². The van der Waals surface area contributed by atoms with Crippen molar-refractivity contribution in [3.63, 3.8) is 0 Å². The highest BCUT2D eigenvalue weighted by Gasteiger charge is 2.29. The number of ether oxygens (including phenoxy) is 1. The molecule has 3 atom stereocenters. The quantitative estimate of drug-likeness (QED) is 0.749. The van der Waals surface area contributed by atoms with Crippen LogP contribution in [0.3, 0.4) is 0 Å². The minimum Gasteiger partial charge on any atom is -0.389 e. The second kappa shape index (κ2) is 7.22. The minimum absolute atomic E-state index is 0.160. The Morgan fingerprint density at radius 3 is 2.72 bits per heavy atom. The molecule has 0 saturated heterocycles. The van der Waals surface area contributed by atoms with Gasteiger partial charge < -0.3 is 15.6 Å². The molecule has 0 amide bonds. The van der Waals surface area contributed by atoms with Gasteiger partial charge in [-0.15, -0.1) is 11.3 Å². The number of para-hydroxylation sites is 1. The van der Waals surface area contributed by atoms with Crippen LogP contribution in [0.2, 0.25) is 0 Å². The van der Waals surface area contributed by atoms with Crippen molar-refractivity contribution in [2.45, 2.75) is 44.1 Å². The molecular weight excluding hydrogens is 332 g/mol. The van der Waals surface area contributed by atoms with E-state index in [-0.39, 0.29) is 12.1 Å². The van der Waals surface area contributed by atoms with Crippen LogP contribution in [0.15, 0.2) is 48.5 Å². The molecule has 1 saturated carbocycles. The lowest BCUT2D eigenvalue weighted by Gasteiger charge is -2.32. The van der Waals surface area contributed by atoms with Gasteiger partial charge in [0.1, 0.15) is 5.01 Å². The van der Waals surface area contributed by atoms with Crippen LogP contribution >= 0.6 is 11.3 Å². The third-order valence-electron chi connectivity index (χ3n) is 4.80. The van der Waals surface area contributed by atoms with E-state index in [0.717, 1.165) is 40.9 Å². The van der Waals surface area contributed by atoms with Gasteiger partial charge in [-0.2, -0.15) is 0 Å². The van der Waals surface area contributed by atoms with Crippen LogP contribution in [0, 0.1) is 0 Å². The molecule has 3 N–H and O–H groups in total. The molecule has 4 nitrogen and oxygen atoms in total. The molecule has 1 fully saturated rings. The Balaban J connectivity index is 1.43. The van der Waals surface area contributed by atoms with Gasteiger partial charge in [0, 0.05) is 11.6 Å². The Bertz CT molecular complexity index is 813. The van der Waals surface area contributed by atoms with Gasteiger partial charge >= 0.3 is 0 Å². The zero-order chi connectivity index (χ0) is 17.2. The van der Waals surface area contributed by atoms with E-state index in [4.69, 9.17) is 15.5 Å². The lowest BCUT2D eigenvalue weighted by Crippen LogP contribution is -2.47. The summed E-state index contributed by atoms with van der Waals surface area (Å²) < 4.78 is 7.10. The lowest BCUT2D eigenvalue weighted by atomic mass is 9.90. The van der Waals surface area contributed by atoms with E-state index in [2.05, 4.69) is 30.3 Å². The number of rotatable bonds is 4. The second-order valence-corrected chi connectivity index (χ2v) is 7.65. The number of benzene rings is 2. The average molecular weight is 354 g/mol. The smallest absolute Gasteiger partial charge is 0.124 e. The van der Waals surface area contributed by atoms with E-state index in [0.29, 0.717) is 6.61 Å². The van der Waals surface area contributed by atoms with Crippen molar-refractivity contribution < 1.29 is 9.84 Å². The monoisotopic (exact) mass is 354 g/mol. The maximum atomic E-state index is 10.1. The van der Waals surface area contributed by atoms with Crippen molar-refractivity contribution in [2.24, 2.45) is 5.73 Å². The van der Waals surface area contributed by atoms with Gasteiger partial charge in [-0.3, -0.25) is 0 Å². The molecule has 130 valence electrons. The summed E-state index contributed by atoms with van der Waals surface area (Å²) >= 11 is 1.70. The van der Waals surface area contributed by atoms with Crippen LogP contribution in [0.25, 0.3) is 20.8 Å². The number of fused-ring (bicyclic) bond motifs is 1. The summed E-state index contributed by atoms with van der Waals surface area (Å²) in [5.74, 6) is 0. The molecule has 0 spiro atoms. The number of aromatic nitrogens is 1. The van der Waals surface area contributed by atoms with Crippen molar-refractivity contribution in [3.05, 3.63) is 54.1 Å². The standard InChI is InChI=1S/C20H22N2O2S/c21-15-4-3-6-17(19(15)23)24-12-13-8-10-14(11-9-13)20-22-16-5-1-2-7-18(16)25-20/h1-2,5,7-11,15,17,19,23H,3-4,6,12,21H2. The summed E-state index contributed by atoms with van der Waals surface area (Å²) in [6.07, 6.45) is 2.04. The molecule has 3 unspecified atom stereocenters. The molecule has 25 heavy (non-hydrogen) atoms. The van der Waals surface area contributed by atoms with Gasteiger partial charge in [0.2, 0.25) is 0 Å². The fourth-order valence-corrected chi connectivity index (χ4v) is 4.27. The largest absolute Gasteiger partial charge is 0.389 e. The number of nitrogens with zero attached hydrogens (tertiary/aromatic N) is 1. The van der Waals surface area contributed by atoms with Gasteiger partial charge in [-0.1, -0.05) is 36.4 Å².